The van der Waals surface area contributed by atoms with Crippen molar-refractivity contribution in [2.75, 3.05) is 44.4 Å². The second kappa shape index (κ2) is 13.0. The number of halogens is 1. The van der Waals surface area contributed by atoms with Crippen molar-refractivity contribution in [1.82, 2.24) is 39.6 Å². The quantitative estimate of drug-likeness (QED) is 0.151. The van der Waals surface area contributed by atoms with Crippen LogP contribution < -0.4 is 10.6 Å². The van der Waals surface area contributed by atoms with Gasteiger partial charge in [-0.1, -0.05) is 0 Å². The summed E-state index contributed by atoms with van der Waals surface area (Å²) < 4.78 is 22.9. The second-order valence-electron chi connectivity index (χ2n) is 12.6. The lowest BCUT2D eigenvalue weighted by Crippen LogP contribution is -2.20. The molecule has 5 aromatic heterocycles. The van der Waals surface area contributed by atoms with Crippen LogP contribution in [0, 0.1) is 5.82 Å². The van der Waals surface area contributed by atoms with E-state index in [2.05, 4.69) is 50.4 Å². The normalized spacial score (nSPS) is 15.3. The molecule has 7 rings (SSSR count). The minimum absolute atomic E-state index is 0.194. The third-order valence-corrected chi connectivity index (χ3v) is 8.19. The molecule has 242 valence electrons. The fourth-order valence-corrected chi connectivity index (χ4v) is 6.00. The molecule has 0 aliphatic carbocycles. The number of hydrogen-bond acceptors (Lipinski definition) is 9. The van der Waals surface area contributed by atoms with Crippen LogP contribution in [0.3, 0.4) is 0 Å². The number of fused-ring (bicyclic) bond motifs is 2. The van der Waals surface area contributed by atoms with E-state index in [1.165, 1.54) is 12.1 Å². The van der Waals surface area contributed by atoms with Crippen molar-refractivity contribution >= 4 is 33.4 Å². The van der Waals surface area contributed by atoms with Gasteiger partial charge in [-0.05, 0) is 89.2 Å². The lowest BCUT2D eigenvalue weighted by molar-refractivity contribution is -0.0365. The molecule has 1 saturated heterocycles. The molecule has 6 aromatic rings. The lowest BCUT2D eigenvalue weighted by atomic mass is 10.1. The number of hydrogen-bond donors (Lipinski definition) is 3. The highest BCUT2D eigenvalue weighted by molar-refractivity contribution is 5.96. The van der Waals surface area contributed by atoms with Crippen LogP contribution in [0.2, 0.25) is 0 Å². The highest BCUT2D eigenvalue weighted by Crippen LogP contribution is 2.35. The number of ether oxygens (including phenoxy) is 1. The Balaban J connectivity index is 1.33. The van der Waals surface area contributed by atoms with Crippen LogP contribution in [0.15, 0.2) is 61.2 Å². The van der Waals surface area contributed by atoms with Crippen LogP contribution >= 0.6 is 0 Å². The number of nitrogens with zero attached hydrogens (tertiary/aromatic N) is 7. The predicted octanol–water partition coefficient (Wildman–Crippen LogP) is 6.73. The molecule has 11 nitrogen and oxygen atoms in total. The summed E-state index contributed by atoms with van der Waals surface area (Å²) in [6.45, 7) is 6.39. The maximum atomic E-state index is 14.8. The number of imidazole rings is 1. The molecule has 0 saturated carbocycles. The van der Waals surface area contributed by atoms with Gasteiger partial charge in [-0.15, -0.1) is 0 Å². The van der Waals surface area contributed by atoms with E-state index >= 15 is 0 Å². The molecule has 0 amide bonds. The van der Waals surface area contributed by atoms with Gasteiger partial charge in [-0.25, -0.2) is 19.0 Å². The topological polar surface area (TPSA) is 122 Å². The van der Waals surface area contributed by atoms with Crippen molar-refractivity contribution in [3.8, 4) is 33.9 Å². The maximum absolute atomic E-state index is 14.8. The Hall–Kier alpha value is -4.94. The van der Waals surface area contributed by atoms with Crippen LogP contribution in [0.25, 0.3) is 56.0 Å². The molecule has 1 unspecified atom stereocenters. The first-order valence-electron chi connectivity index (χ1n) is 16.1. The van der Waals surface area contributed by atoms with Crippen LogP contribution in [0.5, 0.6) is 0 Å². The number of pyridine rings is 3. The van der Waals surface area contributed by atoms with Crippen LogP contribution in [-0.4, -0.2) is 79.4 Å². The molecule has 0 bridgehead atoms. The van der Waals surface area contributed by atoms with Crippen molar-refractivity contribution in [3.05, 3.63) is 67.0 Å². The Kier molecular flexibility index (Phi) is 8.52. The SMILES string of the molecule is CC(C)Nc1cncc(-c2ccc3c(n2)c(-c2nc4c(-c5cc(F)cc(NCCN(C)C)c5)cncc4[nH]2)nn3C2CCCCO2)c1. The number of rotatable bonds is 10. The summed E-state index contributed by atoms with van der Waals surface area (Å²) >= 11 is 0. The standard InChI is InChI=1S/C35H39FN10O/c1-21(2)40-26-15-23(17-37-18-26)28-8-9-30-33(41-28)34(44-46(30)31-7-5-6-12-47-31)35-42-29-20-38-19-27(32(29)43-35)22-13-24(36)16-25(14-22)39-10-11-45(3)4/h8-9,13-21,31,39-40H,5-7,10-12H2,1-4H3,(H,42,43). The number of likely N-dealkylation sites (N-methyl/N-ethyl adjacent to an activating group) is 1. The molecular weight excluding hydrogens is 595 g/mol. The van der Waals surface area contributed by atoms with Gasteiger partial charge < -0.3 is 25.3 Å². The third-order valence-electron chi connectivity index (χ3n) is 8.19. The van der Waals surface area contributed by atoms with Crippen LogP contribution in [-0.2, 0) is 4.74 Å². The van der Waals surface area contributed by atoms with Crippen LogP contribution in [0.4, 0.5) is 15.8 Å². The van der Waals surface area contributed by atoms with Gasteiger partial charge in [0.1, 0.15) is 11.3 Å². The number of nitrogens with one attached hydrogen (secondary N) is 3. The minimum atomic E-state index is -0.335. The second-order valence-corrected chi connectivity index (χ2v) is 12.6. The van der Waals surface area contributed by atoms with Gasteiger partial charge in [-0.3, -0.25) is 9.97 Å². The van der Waals surface area contributed by atoms with Gasteiger partial charge in [0, 0.05) is 61.1 Å². The highest BCUT2D eigenvalue weighted by atomic mass is 19.1. The van der Waals surface area contributed by atoms with E-state index in [0.717, 1.165) is 48.3 Å². The van der Waals surface area contributed by atoms with Crippen molar-refractivity contribution in [3.63, 3.8) is 0 Å². The Morgan fingerprint density at radius 2 is 1.83 bits per heavy atom. The Bertz CT molecular complexity index is 2030. The summed E-state index contributed by atoms with van der Waals surface area (Å²) in [6.07, 6.45) is 9.84. The molecule has 1 aliphatic rings. The fraction of sp³-hybridized carbons (Fsp3) is 0.343. The van der Waals surface area contributed by atoms with Gasteiger partial charge in [0.15, 0.2) is 17.7 Å². The first kappa shape index (κ1) is 30.7. The number of benzene rings is 1. The zero-order valence-corrected chi connectivity index (χ0v) is 27.1. The maximum Gasteiger partial charge on any atom is 0.161 e. The summed E-state index contributed by atoms with van der Waals surface area (Å²) in [7, 11) is 4.01. The van der Waals surface area contributed by atoms with Crippen molar-refractivity contribution in [2.24, 2.45) is 0 Å². The van der Waals surface area contributed by atoms with Crippen molar-refractivity contribution in [2.45, 2.75) is 45.4 Å². The predicted molar refractivity (Wildman–Crippen MR) is 184 cm³/mol. The van der Waals surface area contributed by atoms with E-state index < -0.39 is 0 Å². The molecule has 3 N–H and O–H groups in total. The van der Waals surface area contributed by atoms with Gasteiger partial charge in [-0.2, -0.15) is 5.10 Å². The van der Waals surface area contributed by atoms with Crippen LogP contribution in [0.1, 0.15) is 39.3 Å². The fourth-order valence-electron chi connectivity index (χ4n) is 6.00. The van der Waals surface area contributed by atoms with Crippen molar-refractivity contribution in [1.29, 1.82) is 0 Å². The van der Waals surface area contributed by atoms with E-state index in [1.54, 1.807) is 12.4 Å². The molecule has 1 aromatic carbocycles. The Morgan fingerprint density at radius 1 is 0.979 bits per heavy atom. The third kappa shape index (κ3) is 6.51. The molecule has 0 spiro atoms. The Morgan fingerprint density at radius 3 is 2.64 bits per heavy atom. The van der Waals surface area contributed by atoms with E-state index in [0.29, 0.717) is 58.0 Å². The molecule has 12 heteroatoms. The number of aromatic amines is 1. The van der Waals surface area contributed by atoms with E-state index in [4.69, 9.17) is 19.8 Å². The average molecular weight is 635 g/mol. The average Bonchev–Trinajstić information content (AvgIpc) is 3.66. The van der Waals surface area contributed by atoms with Gasteiger partial charge in [0.05, 0.1) is 34.1 Å². The molecule has 1 fully saturated rings. The monoisotopic (exact) mass is 634 g/mol. The summed E-state index contributed by atoms with van der Waals surface area (Å²) in [4.78, 5) is 24.6. The zero-order valence-electron chi connectivity index (χ0n) is 27.1. The summed E-state index contributed by atoms with van der Waals surface area (Å²) in [6, 6.07) is 11.3. The van der Waals surface area contributed by atoms with Gasteiger partial charge >= 0.3 is 0 Å². The van der Waals surface area contributed by atoms with Gasteiger partial charge in [0.25, 0.3) is 0 Å². The first-order chi connectivity index (χ1) is 22.8. The smallest absolute Gasteiger partial charge is 0.161 e. The Labute approximate surface area is 272 Å². The summed E-state index contributed by atoms with van der Waals surface area (Å²) in [5, 5.41) is 11.8. The summed E-state index contributed by atoms with van der Waals surface area (Å²) in [5.41, 5.74) is 8.24. The molecule has 1 atom stereocenters. The molecular formula is C35H39FN10O. The molecule has 0 radical (unpaired) electrons. The lowest BCUT2D eigenvalue weighted by Gasteiger charge is -2.23. The van der Waals surface area contributed by atoms with E-state index in [-0.39, 0.29) is 18.1 Å². The first-order valence-corrected chi connectivity index (χ1v) is 16.1. The highest BCUT2D eigenvalue weighted by Gasteiger charge is 2.25. The number of anilines is 2. The minimum Gasteiger partial charge on any atom is -0.384 e. The summed E-state index contributed by atoms with van der Waals surface area (Å²) in [5.74, 6) is 0.214. The van der Waals surface area contributed by atoms with E-state index in [9.17, 15) is 4.39 Å². The largest absolute Gasteiger partial charge is 0.384 e. The van der Waals surface area contributed by atoms with E-state index in [1.807, 2.05) is 49.4 Å². The molecule has 6 heterocycles. The number of aromatic nitrogens is 7. The number of H-pyrrole nitrogens is 1. The molecule has 1 aliphatic heterocycles. The zero-order chi connectivity index (χ0) is 32.5. The van der Waals surface area contributed by atoms with Crippen molar-refractivity contribution < 1.29 is 9.13 Å². The molecule has 47 heavy (non-hydrogen) atoms. The van der Waals surface area contributed by atoms with Gasteiger partial charge in [0.2, 0.25) is 0 Å².